The van der Waals surface area contributed by atoms with Gasteiger partial charge in [-0.3, -0.25) is 4.79 Å². The van der Waals surface area contributed by atoms with Crippen molar-refractivity contribution < 1.29 is 23.8 Å². The van der Waals surface area contributed by atoms with Gasteiger partial charge in [0.15, 0.2) is 5.78 Å². The molecule has 29 heavy (non-hydrogen) atoms. The number of Topliss-reactive ketones (excluding diaryl/α,β-unsaturated/α-hetero) is 1. The van der Waals surface area contributed by atoms with Crippen LogP contribution in [0.5, 0.6) is 11.5 Å². The Hall–Kier alpha value is -2.24. The number of methoxy groups -OCH3 is 1. The van der Waals surface area contributed by atoms with Crippen LogP contribution in [0.3, 0.4) is 0 Å². The van der Waals surface area contributed by atoms with Crippen molar-refractivity contribution in [2.75, 3.05) is 26.8 Å². The third-order valence-electron chi connectivity index (χ3n) is 6.22. The van der Waals surface area contributed by atoms with Crippen LogP contribution in [0.2, 0.25) is 0 Å². The smallest absolute Gasteiger partial charge is 0.409 e. The topological polar surface area (TPSA) is 65.1 Å². The summed E-state index contributed by atoms with van der Waals surface area (Å²) in [5.74, 6) is 1.77. The van der Waals surface area contributed by atoms with Gasteiger partial charge in [-0.25, -0.2) is 4.79 Å². The lowest BCUT2D eigenvalue weighted by atomic mass is 9.82. The van der Waals surface area contributed by atoms with Crippen molar-refractivity contribution in [1.29, 1.82) is 0 Å². The Morgan fingerprint density at radius 1 is 1.28 bits per heavy atom. The Labute approximate surface area is 173 Å². The summed E-state index contributed by atoms with van der Waals surface area (Å²) in [5.41, 5.74) is 0.0660. The number of piperidine rings is 1. The molecule has 3 rings (SSSR count). The number of carbonyl (C=O) groups excluding carboxylic acids is 2. The average molecular weight is 404 g/mol. The molecular weight excluding hydrogens is 370 g/mol. The minimum absolute atomic E-state index is 0.0895. The minimum Gasteiger partial charge on any atom is -0.497 e. The summed E-state index contributed by atoms with van der Waals surface area (Å²) in [4.78, 5) is 26.9. The van der Waals surface area contributed by atoms with E-state index >= 15 is 0 Å². The Morgan fingerprint density at radius 3 is 2.69 bits per heavy atom. The lowest BCUT2D eigenvalue weighted by Gasteiger charge is -2.43. The number of hydrogen-bond donors (Lipinski definition) is 0. The largest absolute Gasteiger partial charge is 0.497 e. The number of likely N-dealkylation sites (tertiary alicyclic amines) is 1. The molecule has 0 saturated carbocycles. The van der Waals surface area contributed by atoms with Gasteiger partial charge in [-0.1, -0.05) is 33.1 Å². The van der Waals surface area contributed by atoms with E-state index in [0.717, 1.165) is 19.3 Å². The minimum atomic E-state index is -0.541. The number of ketones is 1. The fraction of sp³-hybridized carbons (Fsp3) is 0.652. The molecule has 1 amide bonds. The van der Waals surface area contributed by atoms with Gasteiger partial charge in [0.05, 0.1) is 25.7 Å². The second-order valence-corrected chi connectivity index (χ2v) is 8.23. The summed E-state index contributed by atoms with van der Waals surface area (Å²) in [6.07, 6.45) is 5.79. The van der Waals surface area contributed by atoms with Crippen LogP contribution in [-0.4, -0.2) is 49.2 Å². The van der Waals surface area contributed by atoms with Gasteiger partial charge in [0.2, 0.25) is 0 Å². The number of amides is 1. The van der Waals surface area contributed by atoms with E-state index in [1.807, 2.05) is 0 Å². The lowest BCUT2D eigenvalue weighted by molar-refractivity contribution is -0.0107. The van der Waals surface area contributed by atoms with Crippen LogP contribution >= 0.6 is 0 Å². The molecule has 0 aliphatic carbocycles. The third-order valence-corrected chi connectivity index (χ3v) is 6.22. The molecule has 2 aliphatic heterocycles. The number of carbonyl (C=O) groups is 2. The second-order valence-electron chi connectivity index (χ2n) is 8.23. The van der Waals surface area contributed by atoms with Crippen LogP contribution in [-0.2, 0) is 4.74 Å². The van der Waals surface area contributed by atoms with Crippen molar-refractivity contribution >= 4 is 11.9 Å². The molecule has 160 valence electrons. The highest BCUT2D eigenvalue weighted by atomic mass is 16.6. The molecule has 1 spiro atoms. The first-order valence-electron chi connectivity index (χ1n) is 10.8. The highest BCUT2D eigenvalue weighted by Crippen LogP contribution is 2.40. The van der Waals surface area contributed by atoms with E-state index in [0.29, 0.717) is 61.9 Å². The number of fused-ring (bicyclic) bond motifs is 1. The van der Waals surface area contributed by atoms with Crippen LogP contribution < -0.4 is 9.47 Å². The third kappa shape index (κ3) is 5.03. The van der Waals surface area contributed by atoms with Crippen molar-refractivity contribution in [3.05, 3.63) is 23.8 Å². The first-order chi connectivity index (χ1) is 14.0. The Kier molecular flexibility index (Phi) is 7.04. The van der Waals surface area contributed by atoms with Crippen molar-refractivity contribution in [3.8, 4) is 11.5 Å². The van der Waals surface area contributed by atoms with Crippen LogP contribution in [0.25, 0.3) is 0 Å². The molecule has 1 saturated heterocycles. The highest BCUT2D eigenvalue weighted by molar-refractivity contribution is 6.00. The summed E-state index contributed by atoms with van der Waals surface area (Å²) >= 11 is 0. The first-order valence-corrected chi connectivity index (χ1v) is 10.8. The molecule has 1 aromatic rings. The normalized spacial score (nSPS) is 18.7. The van der Waals surface area contributed by atoms with E-state index in [4.69, 9.17) is 14.2 Å². The Morgan fingerprint density at radius 2 is 2.03 bits per heavy atom. The maximum atomic E-state index is 12.6. The molecule has 0 radical (unpaired) electrons. The zero-order chi connectivity index (χ0) is 20.9. The van der Waals surface area contributed by atoms with E-state index in [9.17, 15) is 9.59 Å². The van der Waals surface area contributed by atoms with Gasteiger partial charge in [0.25, 0.3) is 0 Å². The number of hydrogen-bond acceptors (Lipinski definition) is 5. The van der Waals surface area contributed by atoms with E-state index in [-0.39, 0.29) is 11.9 Å². The van der Waals surface area contributed by atoms with Gasteiger partial charge < -0.3 is 19.1 Å². The summed E-state index contributed by atoms with van der Waals surface area (Å²) < 4.78 is 17.1. The number of unbranched alkanes of at least 4 members (excludes halogenated alkanes) is 1. The first kappa shape index (κ1) is 21.5. The lowest BCUT2D eigenvalue weighted by Crippen LogP contribution is -2.52. The average Bonchev–Trinajstić information content (AvgIpc) is 2.73. The van der Waals surface area contributed by atoms with Gasteiger partial charge in [-0.2, -0.15) is 0 Å². The molecule has 2 heterocycles. The van der Waals surface area contributed by atoms with Crippen LogP contribution in [0, 0.1) is 5.92 Å². The second kappa shape index (κ2) is 9.51. The highest BCUT2D eigenvalue weighted by Gasteiger charge is 2.44. The quantitative estimate of drug-likeness (QED) is 0.651. The Bertz CT molecular complexity index is 724. The monoisotopic (exact) mass is 403 g/mol. The summed E-state index contributed by atoms with van der Waals surface area (Å²) in [5, 5.41) is 0. The number of nitrogens with zero attached hydrogens (tertiary/aromatic N) is 1. The molecule has 6 nitrogen and oxygen atoms in total. The van der Waals surface area contributed by atoms with Crippen molar-refractivity contribution in [3.63, 3.8) is 0 Å². The molecule has 0 aromatic heterocycles. The van der Waals surface area contributed by atoms with Gasteiger partial charge in [0, 0.05) is 32.0 Å². The number of benzene rings is 1. The van der Waals surface area contributed by atoms with Crippen molar-refractivity contribution in [1.82, 2.24) is 4.90 Å². The van der Waals surface area contributed by atoms with E-state index in [1.54, 1.807) is 30.2 Å². The molecule has 0 bridgehead atoms. The molecular formula is C23H33NO5. The molecule has 1 atom stereocenters. The zero-order valence-electron chi connectivity index (χ0n) is 17.9. The van der Waals surface area contributed by atoms with E-state index in [2.05, 4.69) is 13.8 Å². The summed E-state index contributed by atoms with van der Waals surface area (Å²) in [6, 6.07) is 5.31. The molecule has 0 N–H and O–H groups in total. The van der Waals surface area contributed by atoms with Crippen molar-refractivity contribution in [2.45, 2.75) is 64.4 Å². The van der Waals surface area contributed by atoms with Gasteiger partial charge >= 0.3 is 6.09 Å². The van der Waals surface area contributed by atoms with E-state index < -0.39 is 5.60 Å². The maximum absolute atomic E-state index is 12.6. The molecule has 1 fully saturated rings. The van der Waals surface area contributed by atoms with Crippen molar-refractivity contribution in [2.24, 2.45) is 5.92 Å². The number of ether oxygens (including phenoxy) is 3. The molecule has 1 aromatic carbocycles. The zero-order valence-corrected chi connectivity index (χ0v) is 17.9. The molecule has 6 heteroatoms. The standard InChI is InChI=1S/C23H33NO5/c1-4-6-7-17(5-2)16-28-22(26)24-12-10-23(11-13-24)15-20(25)19-9-8-18(27-3)14-21(19)29-23/h8-9,14,17H,4-7,10-13,15-16H2,1-3H3. The fourth-order valence-electron chi connectivity index (χ4n) is 4.16. The summed E-state index contributed by atoms with van der Waals surface area (Å²) in [6.45, 7) is 5.88. The van der Waals surface area contributed by atoms with Crippen LogP contribution in [0.15, 0.2) is 18.2 Å². The van der Waals surface area contributed by atoms with Gasteiger partial charge in [-0.15, -0.1) is 0 Å². The maximum Gasteiger partial charge on any atom is 0.409 e. The fourth-order valence-corrected chi connectivity index (χ4v) is 4.16. The van der Waals surface area contributed by atoms with Gasteiger partial charge in [-0.05, 0) is 24.5 Å². The Balaban J connectivity index is 1.55. The predicted octanol–water partition coefficient (Wildman–Crippen LogP) is 4.85. The van der Waals surface area contributed by atoms with E-state index in [1.165, 1.54) is 6.42 Å². The number of rotatable bonds is 7. The van der Waals surface area contributed by atoms with Gasteiger partial charge in [0.1, 0.15) is 17.1 Å². The predicted molar refractivity (Wildman–Crippen MR) is 111 cm³/mol. The SMILES string of the molecule is CCCCC(CC)COC(=O)N1CCC2(CC1)CC(=O)c1ccc(OC)cc1O2. The van der Waals surface area contributed by atoms with Crippen LogP contribution in [0.4, 0.5) is 4.79 Å². The molecule has 2 aliphatic rings. The molecule has 1 unspecified atom stereocenters. The van der Waals surface area contributed by atoms with Crippen LogP contribution in [0.1, 0.15) is 69.2 Å². The summed E-state index contributed by atoms with van der Waals surface area (Å²) in [7, 11) is 1.59.